The van der Waals surface area contributed by atoms with E-state index in [1.54, 1.807) is 18.3 Å². The van der Waals surface area contributed by atoms with Gasteiger partial charge in [-0.1, -0.05) is 11.6 Å². The summed E-state index contributed by atoms with van der Waals surface area (Å²) in [5.74, 6) is 0.655. The van der Waals surface area contributed by atoms with Gasteiger partial charge in [-0.05, 0) is 24.3 Å². The van der Waals surface area contributed by atoms with Crippen molar-refractivity contribution in [3.8, 4) is 6.07 Å². The Labute approximate surface area is 104 Å². The van der Waals surface area contributed by atoms with Gasteiger partial charge in [0, 0.05) is 12.7 Å². The molecule has 0 amide bonds. The van der Waals surface area contributed by atoms with E-state index in [0.717, 1.165) is 5.69 Å². The van der Waals surface area contributed by atoms with Gasteiger partial charge in [0.2, 0.25) is 0 Å². The normalized spacial score (nSPS) is 9.71. The van der Waals surface area contributed by atoms with Gasteiger partial charge >= 0.3 is 0 Å². The van der Waals surface area contributed by atoms with Crippen molar-refractivity contribution in [1.82, 2.24) is 9.97 Å². The van der Waals surface area contributed by atoms with Crippen LogP contribution in [0.1, 0.15) is 5.56 Å². The first-order valence-corrected chi connectivity index (χ1v) is 5.30. The molecule has 2 aromatic rings. The van der Waals surface area contributed by atoms with E-state index in [2.05, 4.69) is 16.0 Å². The fourth-order valence-corrected chi connectivity index (χ4v) is 1.53. The topological polar surface area (TPSA) is 52.8 Å². The summed E-state index contributed by atoms with van der Waals surface area (Å²) in [4.78, 5) is 9.98. The fourth-order valence-electron chi connectivity index (χ4n) is 1.39. The molecule has 0 atom stereocenters. The van der Waals surface area contributed by atoms with Crippen LogP contribution in [0.15, 0.2) is 36.7 Å². The zero-order chi connectivity index (χ0) is 12.3. The Morgan fingerprint density at radius 3 is 2.53 bits per heavy atom. The van der Waals surface area contributed by atoms with Crippen molar-refractivity contribution in [1.29, 1.82) is 5.26 Å². The van der Waals surface area contributed by atoms with Crippen LogP contribution in [-0.4, -0.2) is 17.0 Å². The molecule has 0 aliphatic heterocycles. The third-order valence-corrected chi connectivity index (χ3v) is 2.50. The summed E-state index contributed by atoms with van der Waals surface area (Å²) in [7, 11) is 1.86. The summed E-state index contributed by atoms with van der Waals surface area (Å²) in [6.07, 6.45) is 3.11. The number of nitriles is 1. The quantitative estimate of drug-likeness (QED) is 0.815. The number of benzene rings is 1. The summed E-state index contributed by atoms with van der Waals surface area (Å²) < 4.78 is 0. The number of hydrogen-bond acceptors (Lipinski definition) is 4. The summed E-state index contributed by atoms with van der Waals surface area (Å²) in [5, 5.41) is 9.07. The van der Waals surface area contributed by atoms with Gasteiger partial charge in [-0.25, -0.2) is 4.98 Å². The maximum Gasteiger partial charge on any atom is 0.153 e. The smallest absolute Gasteiger partial charge is 0.153 e. The molecule has 1 heterocycles. The van der Waals surface area contributed by atoms with Crippen molar-refractivity contribution in [3.63, 3.8) is 0 Å². The molecule has 17 heavy (non-hydrogen) atoms. The lowest BCUT2D eigenvalue weighted by atomic mass is 10.2. The lowest BCUT2D eigenvalue weighted by Crippen LogP contribution is -2.11. The Balaban J connectivity index is 2.30. The molecule has 0 aliphatic rings. The van der Waals surface area contributed by atoms with Crippen LogP contribution in [0.2, 0.25) is 5.15 Å². The second-order valence-corrected chi connectivity index (χ2v) is 3.80. The molecule has 0 fully saturated rings. The fraction of sp³-hybridized carbons (Fsp3) is 0.0833. The first-order valence-electron chi connectivity index (χ1n) is 4.92. The summed E-state index contributed by atoms with van der Waals surface area (Å²) in [6, 6.07) is 9.28. The molecule has 0 unspecified atom stereocenters. The first kappa shape index (κ1) is 11.4. The van der Waals surface area contributed by atoms with Crippen LogP contribution in [-0.2, 0) is 0 Å². The standard InChI is InChI=1S/C12H9ClN4/c1-17(12-8-15-7-11(13)16-12)10-4-2-9(6-14)3-5-10/h2-5,7-8H,1H3. The number of anilines is 2. The molecule has 0 saturated heterocycles. The van der Waals surface area contributed by atoms with Crippen molar-refractivity contribution in [2.24, 2.45) is 0 Å². The average molecular weight is 245 g/mol. The minimum Gasteiger partial charge on any atom is -0.328 e. The van der Waals surface area contributed by atoms with Gasteiger partial charge in [-0.15, -0.1) is 0 Å². The van der Waals surface area contributed by atoms with E-state index in [-0.39, 0.29) is 0 Å². The predicted octanol–water partition coefficient (Wildman–Crippen LogP) is 2.77. The van der Waals surface area contributed by atoms with Gasteiger partial charge in [0.05, 0.1) is 24.0 Å². The van der Waals surface area contributed by atoms with Gasteiger partial charge in [-0.3, -0.25) is 4.98 Å². The zero-order valence-corrected chi connectivity index (χ0v) is 9.89. The molecular formula is C12H9ClN4. The third kappa shape index (κ3) is 2.52. The van der Waals surface area contributed by atoms with Gasteiger partial charge in [-0.2, -0.15) is 5.26 Å². The molecule has 84 valence electrons. The minimum absolute atomic E-state index is 0.350. The van der Waals surface area contributed by atoms with Gasteiger partial charge in [0.25, 0.3) is 0 Å². The maximum atomic E-state index is 8.72. The molecule has 0 bridgehead atoms. The van der Waals surface area contributed by atoms with Crippen molar-refractivity contribution in [2.75, 3.05) is 11.9 Å². The summed E-state index contributed by atoms with van der Waals surface area (Å²) in [5.41, 5.74) is 1.54. The highest BCUT2D eigenvalue weighted by molar-refractivity contribution is 6.29. The average Bonchev–Trinajstić information content (AvgIpc) is 2.38. The molecular weight excluding hydrogens is 236 g/mol. The predicted molar refractivity (Wildman–Crippen MR) is 66.3 cm³/mol. The number of nitrogens with zero attached hydrogens (tertiary/aromatic N) is 4. The van der Waals surface area contributed by atoms with Crippen LogP contribution in [0.3, 0.4) is 0 Å². The lowest BCUT2D eigenvalue weighted by molar-refractivity contribution is 1.09. The second-order valence-electron chi connectivity index (χ2n) is 3.42. The van der Waals surface area contributed by atoms with E-state index in [1.165, 1.54) is 6.20 Å². The van der Waals surface area contributed by atoms with Crippen LogP contribution in [0.25, 0.3) is 0 Å². The van der Waals surface area contributed by atoms with Gasteiger partial charge in [0.15, 0.2) is 5.82 Å². The van der Waals surface area contributed by atoms with E-state index in [1.807, 2.05) is 24.1 Å². The third-order valence-electron chi connectivity index (χ3n) is 2.32. The van der Waals surface area contributed by atoms with Crippen LogP contribution in [0, 0.1) is 11.3 Å². The first-order chi connectivity index (χ1) is 8.20. The molecule has 4 nitrogen and oxygen atoms in total. The summed E-state index contributed by atoms with van der Waals surface area (Å²) >= 11 is 5.78. The van der Waals surface area contributed by atoms with Crippen molar-refractivity contribution in [2.45, 2.75) is 0 Å². The molecule has 0 N–H and O–H groups in total. The summed E-state index contributed by atoms with van der Waals surface area (Å²) in [6.45, 7) is 0. The Hall–Kier alpha value is -2.12. The van der Waals surface area contributed by atoms with E-state index in [9.17, 15) is 0 Å². The van der Waals surface area contributed by atoms with E-state index < -0.39 is 0 Å². The number of rotatable bonds is 2. The van der Waals surface area contributed by atoms with E-state index >= 15 is 0 Å². The Morgan fingerprint density at radius 1 is 1.24 bits per heavy atom. The molecule has 0 saturated carbocycles. The molecule has 2 rings (SSSR count). The van der Waals surface area contributed by atoms with Gasteiger partial charge in [0.1, 0.15) is 5.15 Å². The Bertz CT molecular complexity index is 559. The number of halogens is 1. The SMILES string of the molecule is CN(c1ccc(C#N)cc1)c1cncc(Cl)n1. The molecule has 0 spiro atoms. The van der Waals surface area contributed by atoms with Crippen LogP contribution in [0.5, 0.6) is 0 Å². The lowest BCUT2D eigenvalue weighted by Gasteiger charge is -2.17. The maximum absolute atomic E-state index is 8.72. The van der Waals surface area contributed by atoms with Crippen LogP contribution in [0.4, 0.5) is 11.5 Å². The van der Waals surface area contributed by atoms with Crippen molar-refractivity contribution < 1.29 is 0 Å². The number of aromatic nitrogens is 2. The van der Waals surface area contributed by atoms with Crippen LogP contribution >= 0.6 is 11.6 Å². The molecule has 1 aromatic heterocycles. The zero-order valence-electron chi connectivity index (χ0n) is 9.13. The van der Waals surface area contributed by atoms with Crippen molar-refractivity contribution in [3.05, 3.63) is 47.4 Å². The Kier molecular flexibility index (Phi) is 3.22. The van der Waals surface area contributed by atoms with E-state index in [0.29, 0.717) is 16.5 Å². The Morgan fingerprint density at radius 2 is 1.94 bits per heavy atom. The largest absolute Gasteiger partial charge is 0.328 e. The number of hydrogen-bond donors (Lipinski definition) is 0. The van der Waals surface area contributed by atoms with Gasteiger partial charge < -0.3 is 4.90 Å². The van der Waals surface area contributed by atoms with Crippen LogP contribution < -0.4 is 4.90 Å². The highest BCUT2D eigenvalue weighted by atomic mass is 35.5. The second kappa shape index (κ2) is 4.81. The highest BCUT2D eigenvalue weighted by Gasteiger charge is 2.06. The molecule has 0 aliphatic carbocycles. The molecule has 1 aromatic carbocycles. The minimum atomic E-state index is 0.350. The molecule has 0 radical (unpaired) electrons. The molecule has 5 heteroatoms. The highest BCUT2D eigenvalue weighted by Crippen LogP contribution is 2.22. The van der Waals surface area contributed by atoms with E-state index in [4.69, 9.17) is 16.9 Å². The van der Waals surface area contributed by atoms with Crippen molar-refractivity contribution >= 4 is 23.1 Å². The monoisotopic (exact) mass is 244 g/mol.